The van der Waals surface area contributed by atoms with Crippen LogP contribution in [-0.2, 0) is 36.9 Å². The number of halogens is 1. The fraction of sp³-hybridized carbons (Fsp3) is 0.294. The van der Waals surface area contributed by atoms with Crippen LogP contribution in [0, 0.1) is 6.92 Å². The van der Waals surface area contributed by atoms with Gasteiger partial charge in [0, 0.05) is 15.5 Å². The Balaban J connectivity index is 1.30. The molecular weight excluding hydrogens is 556 g/mol. The van der Waals surface area contributed by atoms with Gasteiger partial charge in [0.05, 0.1) is 19.8 Å². The third kappa shape index (κ3) is 7.22. The summed E-state index contributed by atoms with van der Waals surface area (Å²) in [4.78, 5) is 1.10. The van der Waals surface area contributed by atoms with E-state index in [2.05, 4.69) is 55.5 Å². The number of fused-ring (bicyclic) bond motifs is 1. The van der Waals surface area contributed by atoms with Crippen molar-refractivity contribution in [3.63, 3.8) is 0 Å². The van der Waals surface area contributed by atoms with E-state index < -0.39 is 24.6 Å². The van der Waals surface area contributed by atoms with Gasteiger partial charge in [-0.1, -0.05) is 114 Å². The van der Waals surface area contributed by atoms with E-state index in [1.165, 1.54) is 5.56 Å². The van der Waals surface area contributed by atoms with Crippen molar-refractivity contribution in [3.8, 4) is 0 Å². The number of aryl methyl sites for hydroxylation is 1. The van der Waals surface area contributed by atoms with Gasteiger partial charge in [-0.2, -0.15) is 0 Å². The normalized spacial score (nSPS) is 25.9. The molecule has 0 radical (unpaired) electrons. The van der Waals surface area contributed by atoms with Crippen LogP contribution in [0.15, 0.2) is 114 Å². The van der Waals surface area contributed by atoms with E-state index in [0.29, 0.717) is 24.8 Å². The molecule has 2 aliphatic heterocycles. The van der Waals surface area contributed by atoms with Crippen molar-refractivity contribution in [1.82, 2.24) is 0 Å². The maximum Gasteiger partial charge on any atom is 0.184 e. The highest BCUT2D eigenvalue weighted by atomic mass is 35.5. The van der Waals surface area contributed by atoms with Crippen LogP contribution in [0.2, 0.25) is 5.02 Å². The highest BCUT2D eigenvalue weighted by Gasteiger charge is 2.51. The molecule has 0 unspecified atom stereocenters. The molecule has 4 aromatic rings. The molecule has 7 heteroatoms. The molecule has 2 heterocycles. The van der Waals surface area contributed by atoms with E-state index in [1.807, 2.05) is 60.7 Å². The Labute approximate surface area is 250 Å². The van der Waals surface area contributed by atoms with Crippen LogP contribution < -0.4 is 0 Å². The Morgan fingerprint density at radius 2 is 1.34 bits per heavy atom. The van der Waals surface area contributed by atoms with Gasteiger partial charge in [0.15, 0.2) is 6.29 Å². The molecule has 41 heavy (non-hydrogen) atoms. The quantitative estimate of drug-likeness (QED) is 0.199. The summed E-state index contributed by atoms with van der Waals surface area (Å²) in [7, 11) is 0. The molecule has 0 aromatic heterocycles. The van der Waals surface area contributed by atoms with Gasteiger partial charge in [0.1, 0.15) is 29.9 Å². The van der Waals surface area contributed by atoms with Crippen molar-refractivity contribution in [2.45, 2.75) is 61.2 Å². The van der Waals surface area contributed by atoms with Crippen molar-refractivity contribution in [2.75, 3.05) is 6.61 Å². The first-order chi connectivity index (χ1) is 20.1. The summed E-state index contributed by atoms with van der Waals surface area (Å²) in [6.45, 7) is 3.32. The molecule has 6 rings (SSSR count). The van der Waals surface area contributed by atoms with Crippen LogP contribution in [0.25, 0.3) is 0 Å². The Hall–Kier alpha value is -2.68. The van der Waals surface area contributed by atoms with Crippen molar-refractivity contribution in [2.24, 2.45) is 0 Å². The van der Waals surface area contributed by atoms with Crippen LogP contribution in [0.4, 0.5) is 0 Å². The lowest BCUT2D eigenvalue weighted by Crippen LogP contribution is -2.62. The molecule has 0 aliphatic carbocycles. The van der Waals surface area contributed by atoms with Gasteiger partial charge in [-0.25, -0.2) is 0 Å². The summed E-state index contributed by atoms with van der Waals surface area (Å²) >= 11 is 7.78. The molecule has 2 fully saturated rings. The van der Waals surface area contributed by atoms with Crippen LogP contribution in [0.1, 0.15) is 28.5 Å². The Morgan fingerprint density at radius 1 is 0.732 bits per heavy atom. The molecule has 0 bridgehead atoms. The fourth-order valence-electron chi connectivity index (χ4n) is 5.08. The summed E-state index contributed by atoms with van der Waals surface area (Å²) in [5.74, 6) is 0. The van der Waals surface area contributed by atoms with Crippen LogP contribution in [0.3, 0.4) is 0 Å². The first-order valence-electron chi connectivity index (χ1n) is 13.8. The molecule has 0 N–H and O–H groups in total. The lowest BCUT2D eigenvalue weighted by molar-refractivity contribution is -0.329. The van der Waals surface area contributed by atoms with Gasteiger partial charge in [-0.3, -0.25) is 0 Å². The molecule has 212 valence electrons. The number of thioether (sulfide) groups is 1. The minimum Gasteiger partial charge on any atom is -0.368 e. The summed E-state index contributed by atoms with van der Waals surface area (Å²) in [5.41, 5.74) is 3.95. The van der Waals surface area contributed by atoms with Crippen molar-refractivity contribution < 1.29 is 23.7 Å². The minimum atomic E-state index is -0.559. The highest BCUT2D eigenvalue weighted by molar-refractivity contribution is 7.99. The third-order valence-corrected chi connectivity index (χ3v) is 8.68. The van der Waals surface area contributed by atoms with Crippen LogP contribution in [0.5, 0.6) is 0 Å². The van der Waals surface area contributed by atoms with Crippen molar-refractivity contribution in [1.29, 1.82) is 0 Å². The van der Waals surface area contributed by atoms with E-state index in [1.54, 1.807) is 11.8 Å². The number of hydrogen-bond acceptors (Lipinski definition) is 6. The van der Waals surface area contributed by atoms with Gasteiger partial charge in [0.25, 0.3) is 0 Å². The second-order valence-electron chi connectivity index (χ2n) is 10.3. The average molecular weight is 589 g/mol. The second-order valence-corrected chi connectivity index (χ2v) is 11.9. The topological polar surface area (TPSA) is 46.2 Å². The number of benzene rings is 4. The second kappa shape index (κ2) is 13.5. The summed E-state index contributed by atoms with van der Waals surface area (Å²) in [6, 6.07) is 36.4. The average Bonchev–Trinajstić information content (AvgIpc) is 3.01. The standard InChI is InChI=1S/C34H33ClO5S/c1-23-12-18-28(19-13-23)41-34-32(37-21-25-10-6-3-7-11-25)31(36-20-24-8-4-2-5-9-24)30-29(39-34)22-38-33(40-30)26-14-16-27(35)17-15-26/h2-19,29-34H,20-22H2,1H3/t29-,30-,31+,32+,33-,34-/m1/s1. The van der Waals surface area contributed by atoms with E-state index in [0.717, 1.165) is 21.6 Å². The molecule has 6 atom stereocenters. The van der Waals surface area contributed by atoms with E-state index in [-0.39, 0.29) is 11.5 Å². The molecular formula is C34H33ClO5S. The van der Waals surface area contributed by atoms with E-state index >= 15 is 0 Å². The fourth-order valence-corrected chi connectivity index (χ4v) is 6.33. The van der Waals surface area contributed by atoms with Crippen molar-refractivity contribution in [3.05, 3.63) is 136 Å². The lowest BCUT2D eigenvalue weighted by atomic mass is 9.98. The highest BCUT2D eigenvalue weighted by Crippen LogP contribution is 2.41. The maximum atomic E-state index is 6.71. The van der Waals surface area contributed by atoms with Crippen LogP contribution in [-0.4, -0.2) is 36.5 Å². The predicted molar refractivity (Wildman–Crippen MR) is 161 cm³/mol. The van der Waals surface area contributed by atoms with E-state index in [9.17, 15) is 0 Å². The van der Waals surface area contributed by atoms with Gasteiger partial charge in [-0.15, -0.1) is 0 Å². The predicted octanol–water partition coefficient (Wildman–Crippen LogP) is 7.75. The number of hydrogen-bond donors (Lipinski definition) is 0. The lowest BCUT2D eigenvalue weighted by Gasteiger charge is -2.49. The first-order valence-corrected chi connectivity index (χ1v) is 15.1. The molecule has 5 nitrogen and oxygen atoms in total. The van der Waals surface area contributed by atoms with Gasteiger partial charge in [-0.05, 0) is 42.3 Å². The first kappa shape index (κ1) is 28.4. The van der Waals surface area contributed by atoms with Crippen LogP contribution >= 0.6 is 23.4 Å². The molecule has 4 aromatic carbocycles. The molecule has 2 saturated heterocycles. The van der Waals surface area contributed by atoms with Gasteiger partial charge in [0.2, 0.25) is 0 Å². The van der Waals surface area contributed by atoms with Gasteiger partial charge < -0.3 is 23.7 Å². The zero-order chi connectivity index (χ0) is 28.0. The number of rotatable bonds is 9. The summed E-state index contributed by atoms with van der Waals surface area (Å²) in [6.07, 6.45) is -2.09. The third-order valence-electron chi connectivity index (χ3n) is 7.27. The van der Waals surface area contributed by atoms with Gasteiger partial charge >= 0.3 is 0 Å². The zero-order valence-electron chi connectivity index (χ0n) is 22.8. The summed E-state index contributed by atoms with van der Waals surface area (Å²) < 4.78 is 32.9. The largest absolute Gasteiger partial charge is 0.368 e. The molecule has 0 saturated carbocycles. The number of ether oxygens (including phenoxy) is 5. The Bertz CT molecular complexity index is 1370. The smallest absolute Gasteiger partial charge is 0.184 e. The summed E-state index contributed by atoms with van der Waals surface area (Å²) in [5, 5.41) is 0.665. The Kier molecular flexibility index (Phi) is 9.39. The van der Waals surface area contributed by atoms with E-state index in [4.69, 9.17) is 35.3 Å². The molecule has 0 spiro atoms. The Morgan fingerprint density at radius 3 is 1.98 bits per heavy atom. The zero-order valence-corrected chi connectivity index (χ0v) is 24.4. The maximum absolute atomic E-state index is 6.71. The minimum absolute atomic E-state index is 0.321. The SMILES string of the molecule is Cc1ccc(S[C@H]2O[C@@H]3CO[C@@H](c4ccc(Cl)cc4)O[C@H]3[C@H](OCc3ccccc3)[C@@H]2OCc2ccccc2)cc1. The van der Waals surface area contributed by atoms with Crippen molar-refractivity contribution >= 4 is 23.4 Å². The molecule has 2 aliphatic rings. The molecule has 0 amide bonds. The monoisotopic (exact) mass is 588 g/mol.